The molecule has 0 amide bonds. The van der Waals surface area contributed by atoms with Crippen LogP contribution in [0.1, 0.15) is 40.0 Å². The zero-order chi connectivity index (χ0) is 9.64. The summed E-state index contributed by atoms with van der Waals surface area (Å²) in [6.07, 6.45) is 5.69. The van der Waals surface area contributed by atoms with E-state index in [0.29, 0.717) is 17.3 Å². The summed E-state index contributed by atoms with van der Waals surface area (Å²) in [4.78, 5) is 0. The summed E-state index contributed by atoms with van der Waals surface area (Å²) < 4.78 is 0. The highest BCUT2D eigenvalue weighted by molar-refractivity contribution is 5.17. The Kier molecular flexibility index (Phi) is 2.03. The van der Waals surface area contributed by atoms with Gasteiger partial charge < -0.3 is 5.11 Å². The van der Waals surface area contributed by atoms with Gasteiger partial charge in [-0.25, -0.2) is 0 Å². The number of fused-ring (bicyclic) bond motifs is 1. The average Bonchev–Trinajstić information content (AvgIpc) is 2.24. The molecule has 0 saturated heterocycles. The quantitative estimate of drug-likeness (QED) is 0.568. The fourth-order valence-electron chi connectivity index (χ4n) is 3.39. The second-order valence-corrected chi connectivity index (χ2v) is 5.42. The van der Waals surface area contributed by atoms with Crippen molar-refractivity contribution < 1.29 is 5.11 Å². The van der Waals surface area contributed by atoms with Crippen LogP contribution in [-0.2, 0) is 0 Å². The van der Waals surface area contributed by atoms with Crippen molar-refractivity contribution in [2.24, 2.45) is 17.3 Å². The van der Waals surface area contributed by atoms with Crippen molar-refractivity contribution in [1.29, 1.82) is 0 Å². The standard InChI is InChI=1S/C12H20O/c1-8-5-4-6-9-11(8)10(13)7-12(9,2)3/h5,9-11,13H,4,6-7H2,1-3H3/t9-,10+,11+/m1/s1. The number of hydrogen-bond donors (Lipinski definition) is 1. The van der Waals surface area contributed by atoms with Gasteiger partial charge in [0.2, 0.25) is 0 Å². The predicted octanol–water partition coefficient (Wildman–Crippen LogP) is 2.75. The Hall–Kier alpha value is -0.300. The normalized spacial score (nSPS) is 42.8. The molecule has 0 spiro atoms. The molecule has 0 aromatic rings. The van der Waals surface area contributed by atoms with E-state index in [1.165, 1.54) is 18.4 Å². The predicted molar refractivity (Wildman–Crippen MR) is 54.4 cm³/mol. The average molecular weight is 180 g/mol. The number of rotatable bonds is 0. The molecule has 0 heterocycles. The molecule has 2 aliphatic carbocycles. The van der Waals surface area contributed by atoms with Crippen LogP contribution < -0.4 is 0 Å². The van der Waals surface area contributed by atoms with Gasteiger partial charge in [0.15, 0.2) is 0 Å². The van der Waals surface area contributed by atoms with Crippen LogP contribution in [0.15, 0.2) is 11.6 Å². The van der Waals surface area contributed by atoms with E-state index in [2.05, 4.69) is 26.8 Å². The minimum absolute atomic E-state index is 0.0865. The molecule has 13 heavy (non-hydrogen) atoms. The van der Waals surface area contributed by atoms with E-state index in [9.17, 15) is 5.11 Å². The first-order valence-electron chi connectivity index (χ1n) is 5.37. The van der Waals surface area contributed by atoms with Gasteiger partial charge in [-0.3, -0.25) is 0 Å². The van der Waals surface area contributed by atoms with Gasteiger partial charge in [0.1, 0.15) is 0 Å². The van der Waals surface area contributed by atoms with Crippen molar-refractivity contribution in [2.45, 2.75) is 46.1 Å². The first-order chi connectivity index (χ1) is 6.02. The second-order valence-electron chi connectivity index (χ2n) is 5.42. The summed E-state index contributed by atoms with van der Waals surface area (Å²) in [5.41, 5.74) is 1.77. The van der Waals surface area contributed by atoms with Crippen LogP contribution in [0.2, 0.25) is 0 Å². The van der Waals surface area contributed by atoms with E-state index >= 15 is 0 Å². The Morgan fingerprint density at radius 1 is 1.46 bits per heavy atom. The molecule has 2 rings (SSSR count). The molecular formula is C12H20O. The SMILES string of the molecule is CC1=CCC[C@@H]2[C@H]1[C@@H](O)CC2(C)C. The number of allylic oxidation sites excluding steroid dienone is 1. The molecule has 2 aliphatic rings. The fourth-order valence-corrected chi connectivity index (χ4v) is 3.39. The van der Waals surface area contributed by atoms with Gasteiger partial charge in [0.25, 0.3) is 0 Å². The van der Waals surface area contributed by atoms with Crippen LogP contribution in [0.3, 0.4) is 0 Å². The molecule has 0 aromatic heterocycles. The van der Waals surface area contributed by atoms with E-state index in [1.807, 2.05) is 0 Å². The lowest BCUT2D eigenvalue weighted by Gasteiger charge is -2.33. The Morgan fingerprint density at radius 2 is 2.15 bits per heavy atom. The molecular weight excluding hydrogens is 160 g/mol. The molecule has 0 unspecified atom stereocenters. The van der Waals surface area contributed by atoms with Gasteiger partial charge in [-0.05, 0) is 37.5 Å². The van der Waals surface area contributed by atoms with E-state index in [-0.39, 0.29) is 6.10 Å². The highest BCUT2D eigenvalue weighted by atomic mass is 16.3. The van der Waals surface area contributed by atoms with Gasteiger partial charge >= 0.3 is 0 Å². The number of aliphatic hydroxyl groups is 1. The maximum atomic E-state index is 9.99. The maximum Gasteiger partial charge on any atom is 0.0613 e. The summed E-state index contributed by atoms with van der Waals surface area (Å²) >= 11 is 0. The molecule has 1 nitrogen and oxygen atoms in total. The van der Waals surface area contributed by atoms with Crippen LogP contribution in [0.5, 0.6) is 0 Å². The van der Waals surface area contributed by atoms with E-state index < -0.39 is 0 Å². The van der Waals surface area contributed by atoms with E-state index in [1.54, 1.807) is 0 Å². The van der Waals surface area contributed by atoms with Crippen LogP contribution in [-0.4, -0.2) is 11.2 Å². The summed E-state index contributed by atoms with van der Waals surface area (Å²) in [7, 11) is 0. The Balaban J connectivity index is 2.31. The monoisotopic (exact) mass is 180 g/mol. The van der Waals surface area contributed by atoms with Crippen LogP contribution in [0.25, 0.3) is 0 Å². The minimum atomic E-state index is -0.0865. The van der Waals surface area contributed by atoms with Crippen molar-refractivity contribution in [3.63, 3.8) is 0 Å². The lowest BCUT2D eigenvalue weighted by atomic mass is 9.71. The zero-order valence-corrected chi connectivity index (χ0v) is 8.88. The maximum absolute atomic E-state index is 9.99. The lowest BCUT2D eigenvalue weighted by molar-refractivity contribution is 0.131. The highest BCUT2D eigenvalue weighted by Gasteiger charge is 2.48. The van der Waals surface area contributed by atoms with Crippen molar-refractivity contribution in [2.75, 3.05) is 0 Å². The largest absolute Gasteiger partial charge is 0.392 e. The molecule has 1 N–H and O–H groups in total. The van der Waals surface area contributed by atoms with Crippen molar-refractivity contribution in [3.05, 3.63) is 11.6 Å². The van der Waals surface area contributed by atoms with E-state index in [4.69, 9.17) is 0 Å². The van der Waals surface area contributed by atoms with E-state index in [0.717, 1.165) is 6.42 Å². The molecule has 3 atom stereocenters. The first kappa shape index (κ1) is 9.26. The number of aliphatic hydroxyl groups excluding tert-OH is 1. The summed E-state index contributed by atoms with van der Waals surface area (Å²) in [6, 6.07) is 0. The Bertz CT molecular complexity index is 240. The highest BCUT2D eigenvalue weighted by Crippen LogP contribution is 2.53. The van der Waals surface area contributed by atoms with Crippen LogP contribution in [0.4, 0.5) is 0 Å². The third-order valence-electron chi connectivity index (χ3n) is 4.06. The molecule has 1 fully saturated rings. The van der Waals surface area contributed by atoms with Gasteiger partial charge in [-0.2, -0.15) is 0 Å². The molecule has 0 bridgehead atoms. The molecule has 74 valence electrons. The Labute approximate surface area is 80.8 Å². The minimum Gasteiger partial charge on any atom is -0.392 e. The van der Waals surface area contributed by atoms with Crippen LogP contribution in [0, 0.1) is 17.3 Å². The summed E-state index contributed by atoms with van der Waals surface area (Å²) in [6.45, 7) is 6.79. The topological polar surface area (TPSA) is 20.2 Å². The third-order valence-corrected chi connectivity index (χ3v) is 4.06. The van der Waals surface area contributed by atoms with Crippen molar-refractivity contribution >= 4 is 0 Å². The third kappa shape index (κ3) is 1.34. The summed E-state index contributed by atoms with van der Waals surface area (Å²) in [5, 5.41) is 9.99. The lowest BCUT2D eigenvalue weighted by Crippen LogP contribution is -2.26. The molecule has 1 saturated carbocycles. The van der Waals surface area contributed by atoms with Gasteiger partial charge in [-0.1, -0.05) is 25.5 Å². The molecule has 0 radical (unpaired) electrons. The molecule has 1 heteroatoms. The fraction of sp³-hybridized carbons (Fsp3) is 0.833. The second kappa shape index (κ2) is 2.84. The van der Waals surface area contributed by atoms with Crippen molar-refractivity contribution in [3.8, 4) is 0 Å². The van der Waals surface area contributed by atoms with Gasteiger partial charge in [0.05, 0.1) is 6.10 Å². The Morgan fingerprint density at radius 3 is 2.77 bits per heavy atom. The number of hydrogen-bond acceptors (Lipinski definition) is 1. The molecule has 0 aromatic carbocycles. The van der Waals surface area contributed by atoms with Crippen molar-refractivity contribution in [1.82, 2.24) is 0 Å². The smallest absolute Gasteiger partial charge is 0.0613 e. The molecule has 0 aliphatic heterocycles. The van der Waals surface area contributed by atoms with Crippen LogP contribution >= 0.6 is 0 Å². The first-order valence-corrected chi connectivity index (χ1v) is 5.37. The van der Waals surface area contributed by atoms with Gasteiger partial charge in [-0.15, -0.1) is 0 Å². The van der Waals surface area contributed by atoms with Gasteiger partial charge in [0, 0.05) is 5.92 Å². The zero-order valence-electron chi connectivity index (χ0n) is 8.88. The summed E-state index contributed by atoms with van der Waals surface area (Å²) in [5.74, 6) is 1.18.